The van der Waals surface area contributed by atoms with E-state index in [2.05, 4.69) is 4.99 Å². The van der Waals surface area contributed by atoms with Crippen LogP contribution in [0.3, 0.4) is 0 Å². The molecule has 142 valence electrons. The largest absolute Gasteiger partial charge is 0.497 e. The average Bonchev–Trinajstić information content (AvgIpc) is 3.07. The molecule has 2 aliphatic rings. The van der Waals surface area contributed by atoms with E-state index in [9.17, 15) is 13.2 Å². The van der Waals surface area contributed by atoms with Crippen molar-refractivity contribution in [3.63, 3.8) is 0 Å². The van der Waals surface area contributed by atoms with Gasteiger partial charge in [-0.05, 0) is 24.1 Å². The summed E-state index contributed by atoms with van der Waals surface area (Å²) in [7, 11) is -1.42. The van der Waals surface area contributed by atoms with Crippen LogP contribution in [0.2, 0.25) is 0 Å². The van der Waals surface area contributed by atoms with Crippen LogP contribution in [0.15, 0.2) is 29.3 Å². The molecule has 0 bridgehead atoms. The van der Waals surface area contributed by atoms with Gasteiger partial charge in [0.15, 0.2) is 15.0 Å². The summed E-state index contributed by atoms with van der Waals surface area (Å²) in [6.45, 7) is 4.35. The number of benzene rings is 1. The lowest BCUT2D eigenvalue weighted by Crippen LogP contribution is -2.37. The standard InChI is InChI=1S/C18H24N2O4S2/c1-4-12(2)17(21)19-18-20(9-13-5-7-14(24-3)8-6-13)15-10-26(22,23)11-16(15)25-18/h5-8,12,15-16H,4,9-11H2,1-3H3/t12-,15-,16-/m0/s1. The van der Waals surface area contributed by atoms with Crippen molar-refractivity contribution in [2.24, 2.45) is 10.9 Å². The topological polar surface area (TPSA) is 76.0 Å². The van der Waals surface area contributed by atoms with E-state index >= 15 is 0 Å². The van der Waals surface area contributed by atoms with E-state index < -0.39 is 9.84 Å². The number of hydrogen-bond acceptors (Lipinski definition) is 5. The monoisotopic (exact) mass is 396 g/mol. The van der Waals surface area contributed by atoms with Crippen molar-refractivity contribution in [2.45, 2.75) is 38.1 Å². The van der Waals surface area contributed by atoms with Gasteiger partial charge in [0.2, 0.25) is 0 Å². The first-order valence-electron chi connectivity index (χ1n) is 8.72. The molecule has 1 aromatic carbocycles. The lowest BCUT2D eigenvalue weighted by Gasteiger charge is -2.24. The lowest BCUT2D eigenvalue weighted by molar-refractivity contribution is -0.121. The summed E-state index contributed by atoms with van der Waals surface area (Å²) in [5, 5.41) is 0.595. The van der Waals surface area contributed by atoms with E-state index in [1.54, 1.807) is 7.11 Å². The molecule has 8 heteroatoms. The molecule has 1 amide bonds. The van der Waals surface area contributed by atoms with Gasteiger partial charge < -0.3 is 9.64 Å². The molecule has 0 radical (unpaired) electrons. The number of hydrogen-bond donors (Lipinski definition) is 0. The predicted octanol–water partition coefficient (Wildman–Crippen LogP) is 2.34. The fraction of sp³-hybridized carbons (Fsp3) is 0.556. The number of fused-ring (bicyclic) bond motifs is 1. The molecule has 0 aromatic heterocycles. The third kappa shape index (κ3) is 4.06. The maximum absolute atomic E-state index is 12.3. The molecule has 2 heterocycles. The Bertz CT molecular complexity index is 805. The maximum Gasteiger partial charge on any atom is 0.250 e. The molecular formula is C18H24N2O4S2. The summed E-state index contributed by atoms with van der Waals surface area (Å²) < 4.78 is 29.3. The van der Waals surface area contributed by atoms with Crippen LogP contribution in [0.25, 0.3) is 0 Å². The summed E-state index contributed by atoms with van der Waals surface area (Å²) in [5.41, 5.74) is 1.03. The van der Waals surface area contributed by atoms with Crippen molar-refractivity contribution in [3.05, 3.63) is 29.8 Å². The second-order valence-electron chi connectivity index (χ2n) is 6.82. The van der Waals surface area contributed by atoms with Crippen molar-refractivity contribution in [3.8, 4) is 5.75 Å². The molecule has 0 spiro atoms. The highest BCUT2D eigenvalue weighted by molar-refractivity contribution is 8.15. The maximum atomic E-state index is 12.3. The molecule has 2 aliphatic heterocycles. The zero-order valence-corrected chi connectivity index (χ0v) is 16.8. The number of rotatable bonds is 5. The van der Waals surface area contributed by atoms with Gasteiger partial charge in [0.05, 0.1) is 24.7 Å². The minimum Gasteiger partial charge on any atom is -0.497 e. The molecule has 0 N–H and O–H groups in total. The molecule has 26 heavy (non-hydrogen) atoms. The van der Waals surface area contributed by atoms with Crippen LogP contribution in [-0.2, 0) is 21.2 Å². The Hall–Kier alpha value is -1.54. The van der Waals surface area contributed by atoms with Gasteiger partial charge in [0, 0.05) is 17.7 Å². The van der Waals surface area contributed by atoms with Gasteiger partial charge in [-0.3, -0.25) is 4.79 Å². The van der Waals surface area contributed by atoms with Crippen LogP contribution in [0.5, 0.6) is 5.75 Å². The van der Waals surface area contributed by atoms with Crippen molar-refractivity contribution in [2.75, 3.05) is 18.6 Å². The van der Waals surface area contributed by atoms with Gasteiger partial charge in [-0.2, -0.15) is 4.99 Å². The number of carbonyl (C=O) groups is 1. The van der Waals surface area contributed by atoms with E-state index in [1.807, 2.05) is 43.0 Å². The zero-order chi connectivity index (χ0) is 18.9. The number of aliphatic imine (C=N–C) groups is 1. The quantitative estimate of drug-likeness (QED) is 0.760. The molecule has 2 saturated heterocycles. The van der Waals surface area contributed by atoms with Crippen LogP contribution >= 0.6 is 11.8 Å². The lowest BCUT2D eigenvalue weighted by atomic mass is 10.1. The van der Waals surface area contributed by atoms with Gasteiger partial charge in [-0.1, -0.05) is 37.7 Å². The minimum atomic E-state index is -3.04. The van der Waals surface area contributed by atoms with Gasteiger partial charge in [0.25, 0.3) is 5.91 Å². The van der Waals surface area contributed by atoms with Gasteiger partial charge >= 0.3 is 0 Å². The third-order valence-corrected chi connectivity index (χ3v) is 8.17. The molecule has 1 aromatic rings. The predicted molar refractivity (Wildman–Crippen MR) is 104 cm³/mol. The fourth-order valence-electron chi connectivity index (χ4n) is 3.13. The number of ether oxygens (including phenoxy) is 1. The second kappa shape index (κ2) is 7.60. The van der Waals surface area contributed by atoms with E-state index in [4.69, 9.17) is 4.74 Å². The summed E-state index contributed by atoms with van der Waals surface area (Å²) in [4.78, 5) is 18.6. The van der Waals surface area contributed by atoms with E-state index in [-0.39, 0.29) is 34.6 Å². The third-order valence-electron chi connectivity index (χ3n) is 4.93. The van der Waals surface area contributed by atoms with Crippen molar-refractivity contribution < 1.29 is 17.9 Å². The molecule has 0 aliphatic carbocycles. The first-order valence-corrected chi connectivity index (χ1v) is 11.4. The van der Waals surface area contributed by atoms with E-state index in [0.29, 0.717) is 11.7 Å². The van der Waals surface area contributed by atoms with Gasteiger partial charge in [-0.25, -0.2) is 8.42 Å². The average molecular weight is 397 g/mol. The minimum absolute atomic E-state index is 0.0540. The normalized spacial score (nSPS) is 26.7. The molecule has 6 nitrogen and oxygen atoms in total. The molecule has 3 atom stereocenters. The summed E-state index contributed by atoms with van der Waals surface area (Å²) in [5.74, 6) is 0.773. The first-order chi connectivity index (χ1) is 12.3. The van der Waals surface area contributed by atoms with Crippen LogP contribution in [-0.4, -0.2) is 54.3 Å². The number of sulfone groups is 1. The Balaban J connectivity index is 1.86. The molecule has 3 rings (SSSR count). The Morgan fingerprint density at radius 3 is 2.65 bits per heavy atom. The molecule has 2 fully saturated rings. The number of amides is 1. The first kappa shape index (κ1) is 19.2. The van der Waals surface area contributed by atoms with Crippen LogP contribution in [0.1, 0.15) is 25.8 Å². The number of thioether (sulfide) groups is 1. The van der Waals surface area contributed by atoms with Crippen LogP contribution < -0.4 is 4.74 Å². The number of methoxy groups -OCH3 is 1. The number of amidine groups is 1. The van der Waals surface area contributed by atoms with Gasteiger partial charge in [-0.15, -0.1) is 0 Å². The Kier molecular flexibility index (Phi) is 5.62. The SMILES string of the molecule is CC[C@H](C)C(=O)N=C1S[C@H]2CS(=O)(=O)C[C@@H]2N1Cc1ccc(OC)cc1. The highest BCUT2D eigenvalue weighted by atomic mass is 32.2. The second-order valence-corrected chi connectivity index (χ2v) is 10.2. The Morgan fingerprint density at radius 1 is 1.35 bits per heavy atom. The fourth-order valence-corrected chi connectivity index (χ4v) is 7.08. The zero-order valence-electron chi connectivity index (χ0n) is 15.2. The van der Waals surface area contributed by atoms with Crippen LogP contribution in [0.4, 0.5) is 0 Å². The van der Waals surface area contributed by atoms with Gasteiger partial charge in [0.1, 0.15) is 5.75 Å². The summed E-state index contributed by atoms with van der Waals surface area (Å²) >= 11 is 1.43. The van der Waals surface area contributed by atoms with Crippen LogP contribution in [0, 0.1) is 5.92 Å². The summed E-state index contributed by atoms with van der Waals surface area (Å²) in [6.07, 6.45) is 0.736. The molecule has 0 unspecified atom stereocenters. The summed E-state index contributed by atoms with van der Waals surface area (Å²) in [6, 6.07) is 7.53. The Morgan fingerprint density at radius 2 is 2.04 bits per heavy atom. The molecular weight excluding hydrogens is 372 g/mol. The smallest absolute Gasteiger partial charge is 0.250 e. The van der Waals surface area contributed by atoms with E-state index in [1.165, 1.54) is 11.8 Å². The highest BCUT2D eigenvalue weighted by Crippen LogP contribution is 2.39. The Labute approximate surface area is 158 Å². The van der Waals surface area contributed by atoms with E-state index in [0.717, 1.165) is 17.7 Å². The van der Waals surface area contributed by atoms with Crippen molar-refractivity contribution in [1.29, 1.82) is 0 Å². The number of carbonyl (C=O) groups excluding carboxylic acids is 1. The molecule has 0 saturated carbocycles. The van der Waals surface area contributed by atoms with Crippen molar-refractivity contribution in [1.82, 2.24) is 4.90 Å². The number of nitrogens with zero attached hydrogens (tertiary/aromatic N) is 2. The highest BCUT2D eigenvalue weighted by Gasteiger charge is 2.48. The van der Waals surface area contributed by atoms with Crippen molar-refractivity contribution >= 4 is 32.7 Å².